The van der Waals surface area contributed by atoms with Crippen LogP contribution < -0.4 is 0 Å². The standard InChI is InChI=1S/C27H42O/c1-18(2)8-6-9-19(3)22-14-15-23-21-13-12-20-10-7-11-25(28)27(20,5)24(21)16-17-26(22,23)4/h8,12-13,19,22-25,28H,6-7,9-11,14-17H2,1-5H3/t19-,22-,23+,24+,25?,26-,27+/m1/s1. The molecular formula is C27H42O. The Kier molecular flexibility index (Phi) is 5.45. The summed E-state index contributed by atoms with van der Waals surface area (Å²) in [7, 11) is 0. The molecule has 1 heteroatoms. The van der Waals surface area contributed by atoms with Gasteiger partial charge in [0, 0.05) is 5.41 Å². The van der Waals surface area contributed by atoms with Crippen LogP contribution in [0.4, 0.5) is 0 Å². The van der Waals surface area contributed by atoms with Crippen molar-refractivity contribution < 1.29 is 5.11 Å². The molecule has 0 bridgehead atoms. The van der Waals surface area contributed by atoms with Gasteiger partial charge in [-0.05, 0) is 101 Å². The SMILES string of the molecule is CC(C)=CCC[C@@H](C)[C@H]1CC[C@H]2C3=CC=C4CCCC(O)[C@]4(C)[C@H]3CC[C@]12C. The Morgan fingerprint density at radius 1 is 1.14 bits per heavy atom. The Bertz CT molecular complexity index is 693. The summed E-state index contributed by atoms with van der Waals surface area (Å²) in [6, 6.07) is 0. The molecule has 3 fully saturated rings. The molecule has 156 valence electrons. The molecule has 0 amide bonds. The van der Waals surface area contributed by atoms with E-state index in [0.717, 1.165) is 30.6 Å². The molecule has 4 aliphatic carbocycles. The fourth-order valence-corrected chi connectivity index (χ4v) is 7.87. The van der Waals surface area contributed by atoms with E-state index in [-0.39, 0.29) is 11.5 Å². The first-order valence-corrected chi connectivity index (χ1v) is 12.0. The van der Waals surface area contributed by atoms with Gasteiger partial charge in [0.05, 0.1) is 6.10 Å². The molecule has 7 atom stereocenters. The molecule has 0 aliphatic heterocycles. The first kappa shape index (κ1) is 20.5. The van der Waals surface area contributed by atoms with Gasteiger partial charge < -0.3 is 5.11 Å². The second kappa shape index (κ2) is 7.46. The van der Waals surface area contributed by atoms with E-state index in [9.17, 15) is 5.11 Å². The zero-order chi connectivity index (χ0) is 20.1. The molecule has 4 aliphatic rings. The fourth-order valence-electron chi connectivity index (χ4n) is 7.87. The van der Waals surface area contributed by atoms with Crippen molar-refractivity contribution in [1.82, 2.24) is 0 Å². The summed E-state index contributed by atoms with van der Waals surface area (Å²) in [5.74, 6) is 3.00. The highest BCUT2D eigenvalue weighted by Crippen LogP contribution is 2.66. The molecule has 1 nitrogen and oxygen atoms in total. The van der Waals surface area contributed by atoms with Gasteiger partial charge in [0.25, 0.3) is 0 Å². The Balaban J connectivity index is 1.57. The average Bonchev–Trinajstić information content (AvgIpc) is 3.00. The molecule has 28 heavy (non-hydrogen) atoms. The number of rotatable bonds is 4. The van der Waals surface area contributed by atoms with Gasteiger partial charge in [-0.3, -0.25) is 0 Å². The van der Waals surface area contributed by atoms with Gasteiger partial charge in [0.15, 0.2) is 0 Å². The van der Waals surface area contributed by atoms with Crippen LogP contribution in [0.15, 0.2) is 34.9 Å². The minimum atomic E-state index is -0.147. The maximum Gasteiger partial charge on any atom is 0.0636 e. The van der Waals surface area contributed by atoms with E-state index in [0.29, 0.717) is 11.3 Å². The summed E-state index contributed by atoms with van der Waals surface area (Å²) >= 11 is 0. The highest BCUT2D eigenvalue weighted by molar-refractivity contribution is 5.39. The summed E-state index contributed by atoms with van der Waals surface area (Å²) in [4.78, 5) is 0. The minimum absolute atomic E-state index is 0.0107. The third-order valence-electron chi connectivity index (χ3n) is 9.56. The summed E-state index contributed by atoms with van der Waals surface area (Å²) in [6.45, 7) is 12.0. The van der Waals surface area contributed by atoms with Crippen molar-refractivity contribution in [3.8, 4) is 0 Å². The molecule has 0 aromatic heterocycles. The summed E-state index contributed by atoms with van der Waals surface area (Å²) in [6.07, 6.45) is 18.5. The molecule has 0 aromatic rings. The number of hydrogen-bond donors (Lipinski definition) is 1. The van der Waals surface area contributed by atoms with Crippen molar-refractivity contribution in [2.45, 2.75) is 98.5 Å². The molecule has 4 rings (SSSR count). The van der Waals surface area contributed by atoms with Crippen LogP contribution in [0.1, 0.15) is 92.4 Å². The van der Waals surface area contributed by atoms with Crippen molar-refractivity contribution in [3.63, 3.8) is 0 Å². The van der Waals surface area contributed by atoms with Gasteiger partial charge in [0.1, 0.15) is 0 Å². The molecule has 3 saturated carbocycles. The lowest BCUT2D eigenvalue weighted by molar-refractivity contribution is -0.0245. The first-order valence-electron chi connectivity index (χ1n) is 12.0. The lowest BCUT2D eigenvalue weighted by Crippen LogP contribution is -2.50. The van der Waals surface area contributed by atoms with Crippen molar-refractivity contribution in [2.24, 2.45) is 34.5 Å². The van der Waals surface area contributed by atoms with Crippen LogP contribution in [0.25, 0.3) is 0 Å². The summed E-state index contributed by atoms with van der Waals surface area (Å²) in [5.41, 5.74) is 5.18. The molecule has 0 saturated heterocycles. The summed E-state index contributed by atoms with van der Waals surface area (Å²) in [5, 5.41) is 11.0. The molecule has 1 unspecified atom stereocenters. The maximum atomic E-state index is 11.0. The van der Waals surface area contributed by atoms with Crippen molar-refractivity contribution >= 4 is 0 Å². The minimum Gasteiger partial charge on any atom is -0.392 e. The van der Waals surface area contributed by atoms with Crippen LogP contribution in [0.2, 0.25) is 0 Å². The molecule has 0 heterocycles. The molecular weight excluding hydrogens is 340 g/mol. The lowest BCUT2D eigenvalue weighted by atomic mass is 9.49. The first-order chi connectivity index (χ1) is 13.3. The third-order valence-corrected chi connectivity index (χ3v) is 9.56. The van der Waals surface area contributed by atoms with Crippen molar-refractivity contribution in [2.75, 3.05) is 0 Å². The van der Waals surface area contributed by atoms with Crippen LogP contribution in [-0.2, 0) is 0 Å². The number of hydrogen-bond acceptors (Lipinski definition) is 1. The van der Waals surface area contributed by atoms with Gasteiger partial charge >= 0.3 is 0 Å². The molecule has 0 radical (unpaired) electrons. The van der Waals surface area contributed by atoms with Crippen LogP contribution in [-0.4, -0.2) is 11.2 Å². The van der Waals surface area contributed by atoms with E-state index in [1.807, 2.05) is 0 Å². The average molecular weight is 383 g/mol. The van der Waals surface area contributed by atoms with Crippen LogP contribution in [0.3, 0.4) is 0 Å². The lowest BCUT2D eigenvalue weighted by Gasteiger charge is -2.56. The van der Waals surface area contributed by atoms with Gasteiger partial charge in [-0.2, -0.15) is 0 Å². The zero-order valence-corrected chi connectivity index (χ0v) is 18.9. The third kappa shape index (κ3) is 3.08. The molecule has 1 N–H and O–H groups in total. The van der Waals surface area contributed by atoms with E-state index < -0.39 is 0 Å². The van der Waals surface area contributed by atoms with Gasteiger partial charge in [-0.15, -0.1) is 0 Å². The summed E-state index contributed by atoms with van der Waals surface area (Å²) < 4.78 is 0. The number of aliphatic hydroxyl groups is 1. The number of aliphatic hydroxyl groups excluding tert-OH is 1. The Hall–Kier alpha value is -0.820. The maximum absolute atomic E-state index is 11.0. The normalized spacial score (nSPS) is 43.2. The Labute approximate surface area is 173 Å². The second-order valence-electron chi connectivity index (χ2n) is 11.2. The Morgan fingerprint density at radius 3 is 2.68 bits per heavy atom. The van der Waals surface area contributed by atoms with Crippen LogP contribution in [0, 0.1) is 34.5 Å². The fraction of sp³-hybridized carbons (Fsp3) is 0.778. The monoisotopic (exact) mass is 382 g/mol. The van der Waals surface area contributed by atoms with Crippen molar-refractivity contribution in [3.05, 3.63) is 34.9 Å². The number of allylic oxidation sites excluding steroid dienone is 5. The highest BCUT2D eigenvalue weighted by Gasteiger charge is 2.58. The highest BCUT2D eigenvalue weighted by atomic mass is 16.3. The van der Waals surface area contributed by atoms with Crippen LogP contribution >= 0.6 is 0 Å². The predicted octanol–water partition coefficient (Wildman–Crippen LogP) is 7.23. The molecule has 0 spiro atoms. The van der Waals surface area contributed by atoms with Crippen molar-refractivity contribution in [1.29, 1.82) is 0 Å². The smallest absolute Gasteiger partial charge is 0.0636 e. The largest absolute Gasteiger partial charge is 0.392 e. The quantitative estimate of drug-likeness (QED) is 0.508. The Morgan fingerprint density at radius 2 is 1.93 bits per heavy atom. The van der Waals surface area contributed by atoms with Gasteiger partial charge in [-0.25, -0.2) is 0 Å². The van der Waals surface area contributed by atoms with E-state index in [1.165, 1.54) is 56.1 Å². The van der Waals surface area contributed by atoms with Gasteiger partial charge in [-0.1, -0.05) is 55.7 Å². The molecule has 0 aromatic carbocycles. The second-order valence-corrected chi connectivity index (χ2v) is 11.2. The number of fused-ring (bicyclic) bond motifs is 5. The van der Waals surface area contributed by atoms with Crippen LogP contribution in [0.5, 0.6) is 0 Å². The van der Waals surface area contributed by atoms with E-state index in [4.69, 9.17) is 0 Å². The van der Waals surface area contributed by atoms with Gasteiger partial charge in [0.2, 0.25) is 0 Å². The van der Waals surface area contributed by atoms with E-state index in [2.05, 4.69) is 52.8 Å². The topological polar surface area (TPSA) is 20.2 Å². The van der Waals surface area contributed by atoms with E-state index in [1.54, 1.807) is 5.57 Å². The predicted molar refractivity (Wildman–Crippen MR) is 119 cm³/mol. The zero-order valence-electron chi connectivity index (χ0n) is 18.9. The van der Waals surface area contributed by atoms with E-state index >= 15 is 0 Å².